The van der Waals surface area contributed by atoms with E-state index in [2.05, 4.69) is 140 Å². The molecule has 0 aliphatic carbocycles. The van der Waals surface area contributed by atoms with Crippen LogP contribution in [0.2, 0.25) is 0 Å². The summed E-state index contributed by atoms with van der Waals surface area (Å²) in [5, 5.41) is 4.78. The number of nitrogens with one attached hydrogen (secondary N) is 1. The summed E-state index contributed by atoms with van der Waals surface area (Å²) in [5.41, 5.74) is 12.3. The number of fused-ring (bicyclic) bond motifs is 1. The predicted molar refractivity (Wildman–Crippen MR) is 184 cm³/mol. The van der Waals surface area contributed by atoms with Gasteiger partial charge in [-0.1, -0.05) is 85.5 Å². The molecule has 1 unspecified atom stereocenters. The molecule has 214 valence electrons. The van der Waals surface area contributed by atoms with Crippen LogP contribution in [0.4, 0.5) is 0 Å². The van der Waals surface area contributed by atoms with Crippen LogP contribution in [0.15, 0.2) is 116 Å². The Kier molecular flexibility index (Phi) is 7.84. The molecule has 3 aromatic heterocycles. The fourth-order valence-corrected chi connectivity index (χ4v) is 6.13. The lowest BCUT2D eigenvalue weighted by Gasteiger charge is -2.21. The van der Waals surface area contributed by atoms with E-state index >= 15 is 0 Å². The third-order valence-corrected chi connectivity index (χ3v) is 8.17. The number of hydrogen-bond donors (Lipinski definition) is 1. The monoisotopic (exact) mass is 562 g/mol. The largest absolute Gasteiger partial charge is 0.383 e. The molecule has 0 bridgehead atoms. The second-order valence-corrected chi connectivity index (χ2v) is 10.9. The van der Waals surface area contributed by atoms with Crippen LogP contribution in [0.5, 0.6) is 0 Å². The molecule has 2 aromatic carbocycles. The van der Waals surface area contributed by atoms with Crippen LogP contribution >= 0.6 is 0 Å². The molecule has 1 aliphatic heterocycles. The lowest BCUT2D eigenvalue weighted by Crippen LogP contribution is -2.22. The molecule has 43 heavy (non-hydrogen) atoms. The minimum absolute atomic E-state index is 0.282. The van der Waals surface area contributed by atoms with Crippen molar-refractivity contribution in [3.63, 3.8) is 0 Å². The number of benzene rings is 2. The standard InChI is InChI=1S/C39H38N4/c1-6-9-18-34-33-19-13-14-20-37(33)43(30-22-21-27(4)40-25-30)39(34)38-28(5)32(8-3)36(15-7-2)42(38)31-23-24-35(41-26-31)29-16-11-10-12-17-29/h6-17,19-27,40H,3,18H2,1-2,4-5H3/b9-6-,15-7-. The molecule has 6 rings (SSSR count). The zero-order valence-electron chi connectivity index (χ0n) is 25.4. The van der Waals surface area contributed by atoms with Crippen LogP contribution in [-0.2, 0) is 6.42 Å². The van der Waals surface area contributed by atoms with Crippen molar-refractivity contribution in [1.29, 1.82) is 0 Å². The van der Waals surface area contributed by atoms with Crippen LogP contribution in [0.1, 0.15) is 43.2 Å². The number of allylic oxidation sites excluding steroid dienone is 5. The first kappa shape index (κ1) is 28.0. The maximum Gasteiger partial charge on any atom is 0.0748 e. The van der Waals surface area contributed by atoms with Gasteiger partial charge in [0.2, 0.25) is 0 Å². The molecule has 1 aliphatic rings. The molecule has 1 N–H and O–H groups in total. The summed E-state index contributed by atoms with van der Waals surface area (Å²) in [6, 6.07) is 23.6. The van der Waals surface area contributed by atoms with Gasteiger partial charge in [0, 0.05) is 28.8 Å². The SMILES string of the molecule is C=Cc1c(C)c(-c2c(C/C=C\C)c3ccccc3n2C2=CNC(C)C=C2)n(-c2ccc(-c3ccccc3)nc2)c1/C=C\C. The fourth-order valence-electron chi connectivity index (χ4n) is 6.13. The van der Waals surface area contributed by atoms with Gasteiger partial charge < -0.3 is 14.5 Å². The Morgan fingerprint density at radius 1 is 0.930 bits per heavy atom. The molecule has 0 saturated heterocycles. The Hall–Kier alpha value is -5.09. The molecule has 0 spiro atoms. The van der Waals surface area contributed by atoms with Crippen molar-refractivity contribution in [2.24, 2.45) is 0 Å². The summed E-state index contributed by atoms with van der Waals surface area (Å²) in [5.74, 6) is 0. The van der Waals surface area contributed by atoms with E-state index in [9.17, 15) is 0 Å². The van der Waals surface area contributed by atoms with E-state index in [1.165, 1.54) is 27.7 Å². The van der Waals surface area contributed by atoms with Gasteiger partial charge in [-0.2, -0.15) is 0 Å². The van der Waals surface area contributed by atoms with Gasteiger partial charge in [0.15, 0.2) is 0 Å². The number of rotatable bonds is 8. The summed E-state index contributed by atoms with van der Waals surface area (Å²) in [7, 11) is 0. The minimum atomic E-state index is 0.282. The number of aromatic nitrogens is 3. The second-order valence-electron chi connectivity index (χ2n) is 10.9. The maximum absolute atomic E-state index is 4.94. The average Bonchev–Trinajstić information content (AvgIpc) is 3.51. The summed E-state index contributed by atoms with van der Waals surface area (Å²) in [6.07, 6.45) is 20.1. The lowest BCUT2D eigenvalue weighted by molar-refractivity contribution is 0.758. The average molecular weight is 563 g/mol. The summed E-state index contributed by atoms with van der Waals surface area (Å²) in [4.78, 5) is 4.94. The molecule has 0 fully saturated rings. The van der Waals surface area contributed by atoms with Gasteiger partial charge in [-0.05, 0) is 75.6 Å². The lowest BCUT2D eigenvalue weighted by atomic mass is 10.0. The normalized spacial score (nSPS) is 15.0. The molecular weight excluding hydrogens is 524 g/mol. The summed E-state index contributed by atoms with van der Waals surface area (Å²) < 4.78 is 4.78. The quantitative estimate of drug-likeness (QED) is 0.191. The van der Waals surface area contributed by atoms with Crippen molar-refractivity contribution in [2.45, 2.75) is 40.2 Å². The molecule has 4 heterocycles. The zero-order chi connectivity index (χ0) is 29.9. The molecule has 0 saturated carbocycles. The van der Waals surface area contributed by atoms with E-state index in [0.717, 1.165) is 46.0 Å². The van der Waals surface area contributed by atoms with Crippen LogP contribution in [0.3, 0.4) is 0 Å². The third-order valence-electron chi connectivity index (χ3n) is 8.17. The van der Waals surface area contributed by atoms with Crippen LogP contribution < -0.4 is 5.32 Å². The third kappa shape index (κ3) is 4.99. The van der Waals surface area contributed by atoms with E-state index in [1.54, 1.807) is 0 Å². The highest BCUT2D eigenvalue weighted by atomic mass is 15.1. The van der Waals surface area contributed by atoms with Crippen molar-refractivity contribution < 1.29 is 0 Å². The Morgan fingerprint density at radius 3 is 2.40 bits per heavy atom. The van der Waals surface area contributed by atoms with Crippen molar-refractivity contribution in [1.82, 2.24) is 19.4 Å². The van der Waals surface area contributed by atoms with Gasteiger partial charge in [0.1, 0.15) is 0 Å². The van der Waals surface area contributed by atoms with E-state index in [-0.39, 0.29) is 6.04 Å². The zero-order valence-corrected chi connectivity index (χ0v) is 25.4. The highest BCUT2D eigenvalue weighted by Gasteiger charge is 2.28. The number of hydrogen-bond acceptors (Lipinski definition) is 2. The highest BCUT2D eigenvalue weighted by Crippen LogP contribution is 2.43. The molecular formula is C39H38N4. The Balaban J connectivity index is 1.71. The van der Waals surface area contributed by atoms with Crippen molar-refractivity contribution in [3.8, 4) is 28.3 Å². The number of pyridine rings is 1. The molecule has 5 aromatic rings. The topological polar surface area (TPSA) is 34.8 Å². The number of dihydropyridines is 1. The summed E-state index contributed by atoms with van der Waals surface area (Å²) >= 11 is 0. The Morgan fingerprint density at radius 2 is 1.72 bits per heavy atom. The van der Waals surface area contributed by atoms with Crippen LogP contribution in [0.25, 0.3) is 57.1 Å². The van der Waals surface area contributed by atoms with E-state index < -0.39 is 0 Å². The van der Waals surface area contributed by atoms with Gasteiger partial charge in [-0.25, -0.2) is 0 Å². The van der Waals surface area contributed by atoms with Crippen LogP contribution in [0, 0.1) is 6.92 Å². The van der Waals surface area contributed by atoms with Crippen molar-refractivity contribution >= 4 is 28.8 Å². The second kappa shape index (κ2) is 12.0. The number of para-hydroxylation sites is 1. The van der Waals surface area contributed by atoms with Crippen molar-refractivity contribution in [3.05, 3.63) is 138 Å². The first-order valence-electron chi connectivity index (χ1n) is 15.0. The Labute approximate surface area is 254 Å². The van der Waals surface area contributed by atoms with E-state index in [1.807, 2.05) is 30.5 Å². The molecule has 0 amide bonds. The Bertz CT molecular complexity index is 1910. The van der Waals surface area contributed by atoms with Crippen LogP contribution in [-0.4, -0.2) is 20.2 Å². The first-order valence-corrected chi connectivity index (χ1v) is 15.0. The predicted octanol–water partition coefficient (Wildman–Crippen LogP) is 9.61. The maximum atomic E-state index is 4.94. The highest BCUT2D eigenvalue weighted by molar-refractivity contribution is 5.97. The molecule has 1 atom stereocenters. The number of nitrogens with zero attached hydrogens (tertiary/aromatic N) is 3. The van der Waals surface area contributed by atoms with Gasteiger partial charge in [0.25, 0.3) is 0 Å². The van der Waals surface area contributed by atoms with Crippen molar-refractivity contribution in [2.75, 3.05) is 0 Å². The first-order chi connectivity index (χ1) is 21.1. The molecule has 4 heteroatoms. The smallest absolute Gasteiger partial charge is 0.0748 e. The van der Waals surface area contributed by atoms with E-state index in [4.69, 9.17) is 4.98 Å². The molecule has 4 nitrogen and oxygen atoms in total. The fraction of sp³-hybridized carbons (Fsp3) is 0.154. The summed E-state index contributed by atoms with van der Waals surface area (Å²) in [6.45, 7) is 12.8. The van der Waals surface area contributed by atoms with Gasteiger partial charge >= 0.3 is 0 Å². The minimum Gasteiger partial charge on any atom is -0.383 e. The van der Waals surface area contributed by atoms with Gasteiger partial charge in [0.05, 0.1) is 45.9 Å². The van der Waals surface area contributed by atoms with Gasteiger partial charge in [-0.3, -0.25) is 4.98 Å². The van der Waals surface area contributed by atoms with E-state index in [0.29, 0.717) is 0 Å². The van der Waals surface area contributed by atoms with Gasteiger partial charge in [-0.15, -0.1) is 0 Å². The molecule has 0 radical (unpaired) electrons.